The van der Waals surface area contributed by atoms with Crippen LogP contribution in [-0.4, -0.2) is 41.9 Å². The van der Waals surface area contributed by atoms with Gasteiger partial charge in [-0.1, -0.05) is 15.9 Å². The molecule has 0 aromatic carbocycles. The van der Waals surface area contributed by atoms with Gasteiger partial charge in [0.25, 0.3) is 0 Å². The summed E-state index contributed by atoms with van der Waals surface area (Å²) in [6, 6.07) is 0. The third-order valence-corrected chi connectivity index (χ3v) is 3.93. The summed E-state index contributed by atoms with van der Waals surface area (Å²) in [5.74, 6) is 0.426. The fourth-order valence-corrected chi connectivity index (χ4v) is 2.99. The summed E-state index contributed by atoms with van der Waals surface area (Å²) in [5.41, 5.74) is 0. The number of alkyl halides is 1. The average Bonchev–Trinajstić information content (AvgIpc) is 2.29. The Morgan fingerprint density at radius 2 is 2.20 bits per heavy atom. The van der Waals surface area contributed by atoms with Crippen molar-refractivity contribution in [3.63, 3.8) is 0 Å². The van der Waals surface area contributed by atoms with Crippen molar-refractivity contribution in [2.24, 2.45) is 5.92 Å². The summed E-state index contributed by atoms with van der Waals surface area (Å²) >= 11 is 3.60. The Balaban J connectivity index is 1.88. The van der Waals surface area contributed by atoms with Crippen LogP contribution in [0.2, 0.25) is 0 Å². The Bertz CT molecular complexity index is 229. The monoisotopic (exact) mass is 275 g/mol. The SMILES string of the molecule is O=C(C1CCCOC1)N1CCCC(Br)C1. The van der Waals surface area contributed by atoms with Crippen LogP contribution in [0.1, 0.15) is 25.7 Å². The molecule has 15 heavy (non-hydrogen) atoms. The number of nitrogens with zero attached hydrogens (tertiary/aromatic N) is 1. The lowest BCUT2D eigenvalue weighted by atomic mass is 9.99. The van der Waals surface area contributed by atoms with Crippen molar-refractivity contribution in [2.75, 3.05) is 26.3 Å². The van der Waals surface area contributed by atoms with E-state index in [4.69, 9.17) is 4.74 Å². The van der Waals surface area contributed by atoms with E-state index in [0.29, 0.717) is 17.3 Å². The quantitative estimate of drug-likeness (QED) is 0.683. The Labute approximate surface area is 99.3 Å². The minimum absolute atomic E-state index is 0.122. The van der Waals surface area contributed by atoms with Crippen molar-refractivity contribution in [1.82, 2.24) is 4.90 Å². The van der Waals surface area contributed by atoms with Crippen LogP contribution in [0, 0.1) is 5.92 Å². The smallest absolute Gasteiger partial charge is 0.228 e. The van der Waals surface area contributed by atoms with Gasteiger partial charge in [0, 0.05) is 24.5 Å². The molecule has 2 saturated heterocycles. The number of hydrogen-bond acceptors (Lipinski definition) is 2. The number of ether oxygens (including phenoxy) is 1. The molecule has 2 rings (SSSR count). The summed E-state index contributed by atoms with van der Waals surface area (Å²) in [4.78, 5) is 14.6. The van der Waals surface area contributed by atoms with E-state index < -0.39 is 0 Å². The molecule has 0 aromatic rings. The predicted molar refractivity (Wildman–Crippen MR) is 62.1 cm³/mol. The first kappa shape index (κ1) is 11.4. The van der Waals surface area contributed by atoms with Crippen molar-refractivity contribution in [3.8, 4) is 0 Å². The second kappa shape index (κ2) is 5.30. The van der Waals surface area contributed by atoms with Gasteiger partial charge in [-0.2, -0.15) is 0 Å². The van der Waals surface area contributed by atoms with E-state index in [2.05, 4.69) is 15.9 Å². The molecule has 0 spiro atoms. The second-order valence-electron chi connectivity index (χ2n) is 4.44. The number of amides is 1. The fraction of sp³-hybridized carbons (Fsp3) is 0.909. The average molecular weight is 276 g/mol. The van der Waals surface area contributed by atoms with E-state index in [1.807, 2.05) is 4.90 Å². The van der Waals surface area contributed by atoms with Gasteiger partial charge in [-0.15, -0.1) is 0 Å². The summed E-state index contributed by atoms with van der Waals surface area (Å²) in [6.45, 7) is 3.25. The minimum atomic E-state index is 0.122. The van der Waals surface area contributed by atoms with Crippen molar-refractivity contribution in [3.05, 3.63) is 0 Å². The van der Waals surface area contributed by atoms with E-state index in [1.54, 1.807) is 0 Å². The number of halogens is 1. The normalized spacial score (nSPS) is 32.7. The molecule has 0 aliphatic carbocycles. The molecule has 1 amide bonds. The summed E-state index contributed by atoms with van der Waals surface area (Å²) in [6.07, 6.45) is 4.34. The highest BCUT2D eigenvalue weighted by Crippen LogP contribution is 2.22. The third-order valence-electron chi connectivity index (χ3n) is 3.19. The molecule has 0 aromatic heterocycles. The topological polar surface area (TPSA) is 29.5 Å². The molecule has 86 valence electrons. The van der Waals surface area contributed by atoms with Crippen LogP contribution in [0.5, 0.6) is 0 Å². The van der Waals surface area contributed by atoms with Crippen LogP contribution < -0.4 is 0 Å². The van der Waals surface area contributed by atoms with Gasteiger partial charge in [-0.3, -0.25) is 4.79 Å². The first-order chi connectivity index (χ1) is 7.27. The first-order valence-electron chi connectivity index (χ1n) is 5.78. The van der Waals surface area contributed by atoms with E-state index in [0.717, 1.165) is 39.0 Å². The lowest BCUT2D eigenvalue weighted by molar-refractivity contribution is -0.140. The standard InChI is InChI=1S/C11H18BrNO2/c12-10-4-1-5-13(7-10)11(14)9-3-2-6-15-8-9/h9-10H,1-8H2. The van der Waals surface area contributed by atoms with Crippen LogP contribution in [0.25, 0.3) is 0 Å². The molecule has 4 heteroatoms. The largest absolute Gasteiger partial charge is 0.381 e. The maximum Gasteiger partial charge on any atom is 0.228 e. The Morgan fingerprint density at radius 1 is 1.33 bits per heavy atom. The van der Waals surface area contributed by atoms with Crippen molar-refractivity contribution in [1.29, 1.82) is 0 Å². The zero-order valence-electron chi connectivity index (χ0n) is 8.95. The zero-order valence-corrected chi connectivity index (χ0v) is 10.5. The Hall–Kier alpha value is -0.0900. The lowest BCUT2D eigenvalue weighted by Gasteiger charge is -2.33. The molecule has 2 aliphatic heterocycles. The second-order valence-corrected chi connectivity index (χ2v) is 5.73. The van der Waals surface area contributed by atoms with Crippen LogP contribution in [-0.2, 0) is 9.53 Å². The molecule has 3 nitrogen and oxygen atoms in total. The van der Waals surface area contributed by atoms with Crippen molar-refractivity contribution >= 4 is 21.8 Å². The minimum Gasteiger partial charge on any atom is -0.381 e. The van der Waals surface area contributed by atoms with Crippen LogP contribution >= 0.6 is 15.9 Å². The molecule has 2 heterocycles. The number of hydrogen-bond donors (Lipinski definition) is 0. The molecule has 0 radical (unpaired) electrons. The summed E-state index contributed by atoms with van der Waals surface area (Å²) < 4.78 is 5.36. The Morgan fingerprint density at radius 3 is 2.87 bits per heavy atom. The zero-order chi connectivity index (χ0) is 10.7. The molecular weight excluding hydrogens is 258 g/mol. The van der Waals surface area contributed by atoms with Crippen molar-refractivity contribution < 1.29 is 9.53 Å². The van der Waals surface area contributed by atoms with Crippen LogP contribution in [0.3, 0.4) is 0 Å². The molecule has 0 saturated carbocycles. The van der Waals surface area contributed by atoms with Gasteiger partial charge in [0.15, 0.2) is 0 Å². The van der Waals surface area contributed by atoms with Gasteiger partial charge < -0.3 is 9.64 Å². The molecule has 0 bridgehead atoms. The molecule has 2 unspecified atom stereocenters. The number of carbonyl (C=O) groups is 1. The Kier molecular flexibility index (Phi) is 4.03. The van der Waals surface area contributed by atoms with Crippen LogP contribution in [0.4, 0.5) is 0 Å². The van der Waals surface area contributed by atoms with E-state index in [-0.39, 0.29) is 5.92 Å². The van der Waals surface area contributed by atoms with Gasteiger partial charge in [-0.05, 0) is 25.7 Å². The van der Waals surface area contributed by atoms with Gasteiger partial charge in [0.2, 0.25) is 5.91 Å². The molecule has 2 atom stereocenters. The van der Waals surface area contributed by atoms with Crippen LogP contribution in [0.15, 0.2) is 0 Å². The maximum absolute atomic E-state index is 12.1. The fourth-order valence-electron chi connectivity index (χ4n) is 2.32. The highest BCUT2D eigenvalue weighted by atomic mass is 79.9. The number of rotatable bonds is 1. The molecule has 2 fully saturated rings. The van der Waals surface area contributed by atoms with Gasteiger partial charge in [0.1, 0.15) is 0 Å². The predicted octanol–water partition coefficient (Wildman–Crippen LogP) is 1.80. The summed E-state index contributed by atoms with van der Waals surface area (Å²) in [5, 5.41) is 0. The van der Waals surface area contributed by atoms with Gasteiger partial charge in [0.05, 0.1) is 12.5 Å². The van der Waals surface area contributed by atoms with E-state index >= 15 is 0 Å². The highest BCUT2D eigenvalue weighted by Gasteiger charge is 2.29. The number of piperidine rings is 1. The van der Waals surface area contributed by atoms with Gasteiger partial charge in [-0.25, -0.2) is 0 Å². The number of carbonyl (C=O) groups excluding carboxylic acids is 1. The molecule has 0 N–H and O–H groups in total. The molecule has 2 aliphatic rings. The lowest BCUT2D eigenvalue weighted by Crippen LogP contribution is -2.45. The molecular formula is C11H18BrNO2. The third kappa shape index (κ3) is 2.94. The van der Waals surface area contributed by atoms with Crippen molar-refractivity contribution in [2.45, 2.75) is 30.5 Å². The summed E-state index contributed by atoms with van der Waals surface area (Å²) in [7, 11) is 0. The van der Waals surface area contributed by atoms with E-state index in [1.165, 1.54) is 6.42 Å². The number of likely N-dealkylation sites (tertiary alicyclic amines) is 1. The van der Waals surface area contributed by atoms with E-state index in [9.17, 15) is 4.79 Å². The van der Waals surface area contributed by atoms with Gasteiger partial charge >= 0.3 is 0 Å². The highest BCUT2D eigenvalue weighted by molar-refractivity contribution is 9.09. The first-order valence-corrected chi connectivity index (χ1v) is 6.69. The maximum atomic E-state index is 12.1.